The van der Waals surface area contributed by atoms with Crippen molar-refractivity contribution in [2.75, 3.05) is 19.6 Å². The van der Waals surface area contributed by atoms with Gasteiger partial charge in [0.15, 0.2) is 0 Å². The predicted octanol–water partition coefficient (Wildman–Crippen LogP) is 1.05. The number of carbonyl (C=O) groups excluding carboxylic acids is 2. The van der Waals surface area contributed by atoms with Crippen LogP contribution in [0.25, 0.3) is 0 Å². The third-order valence-corrected chi connectivity index (χ3v) is 7.18. The lowest BCUT2D eigenvalue weighted by Gasteiger charge is -2.51. The van der Waals surface area contributed by atoms with Crippen LogP contribution in [-0.2, 0) is 9.59 Å². The first-order chi connectivity index (χ1) is 12.5. The smallest absolute Gasteiger partial charge is 0.238 e. The lowest BCUT2D eigenvalue weighted by atomic mass is 9.75. The number of piperidine rings is 3. The highest BCUT2D eigenvalue weighted by Gasteiger charge is 2.62. The van der Waals surface area contributed by atoms with Crippen LogP contribution in [0.3, 0.4) is 0 Å². The Kier molecular flexibility index (Phi) is 3.38. The number of rotatable bonds is 3. The fourth-order valence-corrected chi connectivity index (χ4v) is 5.67. The van der Waals surface area contributed by atoms with Gasteiger partial charge in [-0.1, -0.05) is 12.1 Å². The van der Waals surface area contributed by atoms with Crippen LogP contribution >= 0.6 is 0 Å². The maximum absolute atomic E-state index is 13.3. The third-order valence-electron chi connectivity index (χ3n) is 7.18. The number of carbonyl (C=O) groups is 2. The minimum Gasteiger partial charge on any atom is -0.508 e. The standard InChI is InChI=1S/C20H25N3O3/c21-18(25)20(6-7-20)19(26)23-11-15(13-2-1-3-14(24)10-13)17-16(23)12-4-8-22(17)9-5-12/h1-3,10,12,15-17,24H,4-9,11H2,(H2,21,25)/t15-,16+,17+/m0/s1. The Hall–Kier alpha value is -2.08. The zero-order valence-electron chi connectivity index (χ0n) is 14.8. The Morgan fingerprint density at radius 3 is 2.50 bits per heavy atom. The fraction of sp³-hybridized carbons (Fsp3) is 0.600. The van der Waals surface area contributed by atoms with E-state index in [1.165, 1.54) is 0 Å². The molecule has 2 amide bonds. The molecular weight excluding hydrogens is 330 g/mol. The number of nitrogens with two attached hydrogens (primary N) is 1. The Balaban J connectivity index is 1.53. The Morgan fingerprint density at radius 1 is 1.15 bits per heavy atom. The summed E-state index contributed by atoms with van der Waals surface area (Å²) in [5, 5.41) is 9.93. The van der Waals surface area contributed by atoms with Gasteiger partial charge in [0.1, 0.15) is 11.2 Å². The van der Waals surface area contributed by atoms with Crippen LogP contribution in [-0.4, -0.2) is 58.4 Å². The number of benzene rings is 1. The van der Waals surface area contributed by atoms with E-state index in [1.54, 1.807) is 6.07 Å². The molecule has 1 aromatic rings. The summed E-state index contributed by atoms with van der Waals surface area (Å²) in [6.45, 7) is 2.76. The average Bonchev–Trinajstić information content (AvgIpc) is 3.36. The molecule has 5 fully saturated rings. The molecule has 3 atom stereocenters. The molecule has 6 nitrogen and oxygen atoms in total. The number of fused-ring (bicyclic) bond motifs is 2. The number of phenols is 1. The molecule has 5 aliphatic rings. The van der Waals surface area contributed by atoms with Gasteiger partial charge in [0.25, 0.3) is 0 Å². The molecule has 6 heteroatoms. The molecule has 4 saturated heterocycles. The lowest BCUT2D eigenvalue weighted by molar-refractivity contribution is -0.146. The number of nitrogens with zero attached hydrogens (tertiary/aromatic N) is 2. The van der Waals surface area contributed by atoms with Crippen LogP contribution < -0.4 is 5.73 Å². The molecule has 2 bridgehead atoms. The molecular formula is C20H25N3O3. The molecule has 1 saturated carbocycles. The second kappa shape index (κ2) is 5.46. The molecule has 0 unspecified atom stereocenters. The zero-order valence-corrected chi connectivity index (χ0v) is 14.8. The van der Waals surface area contributed by atoms with Crippen molar-refractivity contribution in [2.24, 2.45) is 17.1 Å². The molecule has 6 rings (SSSR count). The normalized spacial score (nSPS) is 36.6. The summed E-state index contributed by atoms with van der Waals surface area (Å²) in [6.07, 6.45) is 3.39. The van der Waals surface area contributed by atoms with Crippen molar-refractivity contribution in [2.45, 2.75) is 43.7 Å². The van der Waals surface area contributed by atoms with E-state index in [1.807, 2.05) is 23.1 Å². The SMILES string of the molecule is NC(=O)C1(C(=O)N2C[C@@H](c3cccc(O)c3)[C@@H]3[C@H]2C2CCN3CC2)CC1. The largest absolute Gasteiger partial charge is 0.508 e. The number of primary amides is 1. The van der Waals surface area contributed by atoms with Gasteiger partial charge in [-0.25, -0.2) is 0 Å². The quantitative estimate of drug-likeness (QED) is 0.794. The lowest BCUT2D eigenvalue weighted by Crippen LogP contribution is -2.61. The Labute approximate surface area is 152 Å². The second-order valence-corrected chi connectivity index (χ2v) is 8.46. The first-order valence-corrected chi connectivity index (χ1v) is 9.65. The van der Waals surface area contributed by atoms with Crippen molar-refractivity contribution in [3.8, 4) is 5.75 Å². The molecule has 0 aromatic heterocycles. The maximum Gasteiger partial charge on any atom is 0.238 e. The highest BCUT2D eigenvalue weighted by molar-refractivity contribution is 6.07. The number of amides is 2. The molecule has 1 aliphatic carbocycles. The van der Waals surface area contributed by atoms with Crippen molar-refractivity contribution >= 4 is 11.8 Å². The molecule has 0 spiro atoms. The summed E-state index contributed by atoms with van der Waals surface area (Å²) < 4.78 is 0. The van der Waals surface area contributed by atoms with E-state index < -0.39 is 11.3 Å². The van der Waals surface area contributed by atoms with Crippen LogP contribution in [0.15, 0.2) is 24.3 Å². The van der Waals surface area contributed by atoms with Gasteiger partial charge in [-0.05, 0) is 62.4 Å². The van der Waals surface area contributed by atoms with E-state index >= 15 is 0 Å². The van der Waals surface area contributed by atoms with Gasteiger partial charge in [-0.3, -0.25) is 14.5 Å². The third kappa shape index (κ3) is 2.14. The average molecular weight is 355 g/mol. The van der Waals surface area contributed by atoms with Crippen molar-refractivity contribution in [3.63, 3.8) is 0 Å². The molecule has 4 aliphatic heterocycles. The number of likely N-dealkylation sites (tertiary alicyclic amines) is 1. The van der Waals surface area contributed by atoms with Crippen LogP contribution in [0.4, 0.5) is 0 Å². The van der Waals surface area contributed by atoms with Crippen LogP contribution in [0, 0.1) is 11.3 Å². The first kappa shape index (κ1) is 16.1. The number of hydrogen-bond acceptors (Lipinski definition) is 4. The molecule has 1 aromatic carbocycles. The summed E-state index contributed by atoms with van der Waals surface area (Å²) in [4.78, 5) is 29.7. The highest BCUT2D eigenvalue weighted by Crippen LogP contribution is 2.52. The summed E-state index contributed by atoms with van der Waals surface area (Å²) in [5.74, 6) is 0.399. The van der Waals surface area contributed by atoms with Gasteiger partial charge >= 0.3 is 0 Å². The van der Waals surface area contributed by atoms with Gasteiger partial charge in [0, 0.05) is 18.5 Å². The van der Waals surface area contributed by atoms with E-state index in [-0.39, 0.29) is 29.7 Å². The summed E-state index contributed by atoms with van der Waals surface area (Å²) in [5.41, 5.74) is 5.70. The van der Waals surface area contributed by atoms with Gasteiger partial charge in [-0.15, -0.1) is 0 Å². The molecule has 26 heavy (non-hydrogen) atoms. The van der Waals surface area contributed by atoms with Crippen molar-refractivity contribution in [1.29, 1.82) is 0 Å². The predicted molar refractivity (Wildman–Crippen MR) is 95.3 cm³/mol. The maximum atomic E-state index is 13.3. The van der Waals surface area contributed by atoms with E-state index in [4.69, 9.17) is 5.73 Å². The topological polar surface area (TPSA) is 86.9 Å². The minimum absolute atomic E-state index is 0.0589. The number of aromatic hydroxyl groups is 1. The van der Waals surface area contributed by atoms with Gasteiger partial charge < -0.3 is 15.7 Å². The van der Waals surface area contributed by atoms with Crippen LogP contribution in [0.5, 0.6) is 5.75 Å². The highest BCUT2D eigenvalue weighted by atomic mass is 16.3. The van der Waals surface area contributed by atoms with Crippen molar-refractivity contribution in [1.82, 2.24) is 9.80 Å². The van der Waals surface area contributed by atoms with Crippen molar-refractivity contribution in [3.05, 3.63) is 29.8 Å². The zero-order chi connectivity index (χ0) is 18.1. The summed E-state index contributed by atoms with van der Waals surface area (Å²) >= 11 is 0. The van der Waals surface area contributed by atoms with Crippen LogP contribution in [0.2, 0.25) is 0 Å². The number of phenolic OH excluding ortho intramolecular Hbond substituents is 1. The van der Waals surface area contributed by atoms with E-state index in [2.05, 4.69) is 4.90 Å². The number of hydrogen-bond donors (Lipinski definition) is 2. The van der Waals surface area contributed by atoms with Crippen LogP contribution in [0.1, 0.15) is 37.2 Å². The van der Waals surface area contributed by atoms with Gasteiger partial charge in [-0.2, -0.15) is 0 Å². The van der Waals surface area contributed by atoms with Gasteiger partial charge in [0.2, 0.25) is 11.8 Å². The van der Waals surface area contributed by atoms with E-state index in [0.29, 0.717) is 25.3 Å². The minimum atomic E-state index is -0.954. The van der Waals surface area contributed by atoms with Gasteiger partial charge in [0.05, 0.1) is 6.04 Å². The molecule has 3 N–H and O–H groups in total. The molecule has 4 heterocycles. The van der Waals surface area contributed by atoms with Crippen molar-refractivity contribution < 1.29 is 14.7 Å². The first-order valence-electron chi connectivity index (χ1n) is 9.65. The second-order valence-electron chi connectivity index (χ2n) is 8.46. The van der Waals surface area contributed by atoms with E-state index in [9.17, 15) is 14.7 Å². The molecule has 0 radical (unpaired) electrons. The summed E-state index contributed by atoms with van der Waals surface area (Å²) in [7, 11) is 0. The molecule has 138 valence electrons. The fourth-order valence-electron chi connectivity index (χ4n) is 5.67. The monoisotopic (exact) mass is 355 g/mol. The Morgan fingerprint density at radius 2 is 1.88 bits per heavy atom. The summed E-state index contributed by atoms with van der Waals surface area (Å²) in [6, 6.07) is 7.84. The Bertz CT molecular complexity index is 767. The van der Waals surface area contributed by atoms with E-state index in [0.717, 1.165) is 31.5 Å².